The van der Waals surface area contributed by atoms with E-state index in [4.69, 9.17) is 4.74 Å². The highest BCUT2D eigenvalue weighted by atomic mass is 16.5. The van der Waals surface area contributed by atoms with Gasteiger partial charge in [0.25, 0.3) is 0 Å². The zero-order valence-corrected chi connectivity index (χ0v) is 13.1. The predicted octanol–water partition coefficient (Wildman–Crippen LogP) is 2.04. The Labute approximate surface area is 123 Å². The maximum atomic E-state index is 12.5. The molecule has 1 amide bonds. The smallest absolute Gasteiger partial charge is 0.222 e. The number of piperidine rings is 1. The van der Waals surface area contributed by atoms with Crippen molar-refractivity contribution in [2.24, 2.45) is 11.8 Å². The van der Waals surface area contributed by atoms with Crippen LogP contribution in [0.4, 0.5) is 0 Å². The first-order valence-electron chi connectivity index (χ1n) is 8.21. The molecule has 116 valence electrons. The number of methoxy groups -OCH3 is 1. The lowest BCUT2D eigenvalue weighted by molar-refractivity contribution is -0.134. The lowest BCUT2D eigenvalue weighted by Crippen LogP contribution is -2.42. The molecule has 1 heterocycles. The molecule has 0 bridgehead atoms. The first kappa shape index (κ1) is 15.8. The highest BCUT2D eigenvalue weighted by molar-refractivity contribution is 5.76. The minimum Gasteiger partial charge on any atom is -0.383 e. The molecular weight excluding hydrogens is 252 g/mol. The van der Waals surface area contributed by atoms with Crippen LogP contribution in [0.15, 0.2) is 0 Å². The summed E-state index contributed by atoms with van der Waals surface area (Å²) in [6.07, 6.45) is 6.83. The summed E-state index contributed by atoms with van der Waals surface area (Å²) >= 11 is 0. The topological polar surface area (TPSA) is 41.6 Å². The standard InChI is InChI=1S/C16H30N2O2/c1-13(15-6-7-15)18(10-11-20-2)16(19)8-5-14-4-3-9-17-12-14/h13-15,17H,3-12H2,1-2H3. The van der Waals surface area contributed by atoms with Crippen molar-refractivity contribution in [2.45, 2.75) is 51.5 Å². The maximum absolute atomic E-state index is 12.5. The van der Waals surface area contributed by atoms with Crippen molar-refractivity contribution in [3.8, 4) is 0 Å². The second kappa shape index (κ2) is 7.99. The summed E-state index contributed by atoms with van der Waals surface area (Å²) in [4.78, 5) is 14.6. The van der Waals surface area contributed by atoms with E-state index in [1.807, 2.05) is 0 Å². The molecule has 4 heteroatoms. The van der Waals surface area contributed by atoms with E-state index in [1.54, 1.807) is 7.11 Å². The first-order valence-corrected chi connectivity index (χ1v) is 8.21. The fraction of sp³-hybridized carbons (Fsp3) is 0.938. The van der Waals surface area contributed by atoms with Crippen LogP contribution in [0.3, 0.4) is 0 Å². The Hall–Kier alpha value is -0.610. The Morgan fingerprint density at radius 3 is 2.80 bits per heavy atom. The van der Waals surface area contributed by atoms with Crippen molar-refractivity contribution in [3.05, 3.63) is 0 Å². The van der Waals surface area contributed by atoms with E-state index < -0.39 is 0 Å². The van der Waals surface area contributed by atoms with Gasteiger partial charge in [0.1, 0.15) is 0 Å². The average Bonchev–Trinajstić information content (AvgIpc) is 3.31. The highest BCUT2D eigenvalue weighted by Gasteiger charge is 2.34. The molecule has 2 aliphatic rings. The van der Waals surface area contributed by atoms with E-state index >= 15 is 0 Å². The van der Waals surface area contributed by atoms with Crippen molar-refractivity contribution in [1.82, 2.24) is 10.2 Å². The summed E-state index contributed by atoms with van der Waals surface area (Å²) in [6.45, 7) is 5.82. The van der Waals surface area contributed by atoms with Gasteiger partial charge >= 0.3 is 0 Å². The second-order valence-corrected chi connectivity index (χ2v) is 6.41. The van der Waals surface area contributed by atoms with Crippen LogP contribution in [-0.2, 0) is 9.53 Å². The lowest BCUT2D eigenvalue weighted by atomic mass is 9.94. The SMILES string of the molecule is COCCN(C(=O)CCC1CCCNC1)C(C)C1CC1. The van der Waals surface area contributed by atoms with Gasteiger partial charge in [-0.05, 0) is 64.0 Å². The first-order chi connectivity index (χ1) is 9.72. The third-order valence-electron chi connectivity index (χ3n) is 4.82. The van der Waals surface area contributed by atoms with Crippen molar-refractivity contribution >= 4 is 5.91 Å². The summed E-state index contributed by atoms with van der Waals surface area (Å²) in [6, 6.07) is 0.391. The van der Waals surface area contributed by atoms with Gasteiger partial charge in [-0.2, -0.15) is 0 Å². The van der Waals surface area contributed by atoms with Crippen molar-refractivity contribution < 1.29 is 9.53 Å². The lowest BCUT2D eigenvalue weighted by Gasteiger charge is -2.30. The number of nitrogens with zero attached hydrogens (tertiary/aromatic N) is 1. The summed E-state index contributed by atoms with van der Waals surface area (Å²) in [7, 11) is 1.71. The minimum atomic E-state index is 0.326. The molecule has 0 aromatic carbocycles. The third-order valence-corrected chi connectivity index (χ3v) is 4.82. The Bertz CT molecular complexity index is 299. The van der Waals surface area contributed by atoms with Crippen LogP contribution in [0.2, 0.25) is 0 Å². The van der Waals surface area contributed by atoms with Crippen LogP contribution in [0.5, 0.6) is 0 Å². The largest absolute Gasteiger partial charge is 0.383 e. The van der Waals surface area contributed by atoms with Crippen molar-refractivity contribution in [3.63, 3.8) is 0 Å². The van der Waals surface area contributed by atoms with E-state index in [2.05, 4.69) is 17.1 Å². The molecule has 2 fully saturated rings. The zero-order chi connectivity index (χ0) is 14.4. The maximum Gasteiger partial charge on any atom is 0.222 e. The van der Waals surface area contributed by atoms with Gasteiger partial charge in [0, 0.05) is 26.1 Å². The van der Waals surface area contributed by atoms with E-state index in [1.165, 1.54) is 25.7 Å². The number of hydrogen-bond donors (Lipinski definition) is 1. The molecule has 1 saturated carbocycles. The van der Waals surface area contributed by atoms with Crippen LogP contribution in [0.25, 0.3) is 0 Å². The molecule has 1 aliphatic carbocycles. The number of hydrogen-bond acceptors (Lipinski definition) is 3. The average molecular weight is 282 g/mol. The number of rotatable bonds is 8. The van der Waals surface area contributed by atoms with E-state index in [0.29, 0.717) is 30.9 Å². The van der Waals surface area contributed by atoms with Crippen molar-refractivity contribution in [1.29, 1.82) is 0 Å². The number of nitrogens with one attached hydrogen (secondary N) is 1. The summed E-state index contributed by atoms with van der Waals surface area (Å²) in [5, 5.41) is 3.43. The Morgan fingerprint density at radius 1 is 1.40 bits per heavy atom. The van der Waals surface area contributed by atoms with Crippen LogP contribution in [-0.4, -0.2) is 50.2 Å². The van der Waals surface area contributed by atoms with Crippen LogP contribution in [0.1, 0.15) is 45.4 Å². The Kier molecular flexibility index (Phi) is 6.30. The van der Waals surface area contributed by atoms with Gasteiger partial charge in [0.15, 0.2) is 0 Å². The van der Waals surface area contributed by atoms with E-state index in [-0.39, 0.29) is 0 Å². The highest BCUT2D eigenvalue weighted by Crippen LogP contribution is 2.35. The quantitative estimate of drug-likeness (QED) is 0.741. The molecule has 0 spiro atoms. The Balaban J connectivity index is 1.78. The van der Waals surface area contributed by atoms with Crippen LogP contribution in [0, 0.1) is 11.8 Å². The number of carbonyl (C=O) groups excluding carboxylic acids is 1. The van der Waals surface area contributed by atoms with Gasteiger partial charge in [-0.25, -0.2) is 0 Å². The normalized spacial score (nSPS) is 24.4. The number of ether oxygens (including phenoxy) is 1. The van der Waals surface area contributed by atoms with Gasteiger partial charge in [0.05, 0.1) is 6.61 Å². The summed E-state index contributed by atoms with van der Waals surface area (Å²) in [5.74, 6) is 1.74. The van der Waals surface area contributed by atoms with Gasteiger partial charge in [-0.15, -0.1) is 0 Å². The predicted molar refractivity (Wildman–Crippen MR) is 80.6 cm³/mol. The summed E-state index contributed by atoms with van der Waals surface area (Å²) < 4.78 is 5.16. The number of carbonyl (C=O) groups is 1. The number of amides is 1. The fourth-order valence-corrected chi connectivity index (χ4v) is 3.22. The molecular formula is C16H30N2O2. The molecule has 2 rings (SSSR count). The molecule has 2 atom stereocenters. The second-order valence-electron chi connectivity index (χ2n) is 6.41. The molecule has 4 nitrogen and oxygen atoms in total. The third kappa shape index (κ3) is 4.74. The molecule has 1 saturated heterocycles. The van der Waals surface area contributed by atoms with Gasteiger partial charge in [-0.1, -0.05) is 0 Å². The van der Waals surface area contributed by atoms with Gasteiger partial charge < -0.3 is 15.0 Å². The summed E-state index contributed by atoms with van der Waals surface area (Å²) in [5.41, 5.74) is 0. The van der Waals surface area contributed by atoms with E-state index in [0.717, 1.165) is 32.0 Å². The molecule has 0 radical (unpaired) electrons. The Morgan fingerprint density at radius 2 is 2.20 bits per heavy atom. The minimum absolute atomic E-state index is 0.326. The van der Waals surface area contributed by atoms with Gasteiger partial charge in [0.2, 0.25) is 5.91 Å². The molecule has 1 aliphatic heterocycles. The van der Waals surface area contributed by atoms with E-state index in [9.17, 15) is 4.79 Å². The molecule has 20 heavy (non-hydrogen) atoms. The van der Waals surface area contributed by atoms with Crippen LogP contribution < -0.4 is 5.32 Å². The molecule has 0 aromatic rings. The van der Waals surface area contributed by atoms with Crippen LogP contribution >= 0.6 is 0 Å². The van der Waals surface area contributed by atoms with Crippen molar-refractivity contribution in [2.75, 3.05) is 33.4 Å². The molecule has 0 aromatic heterocycles. The monoisotopic (exact) mass is 282 g/mol. The van der Waals surface area contributed by atoms with Gasteiger partial charge in [-0.3, -0.25) is 4.79 Å². The zero-order valence-electron chi connectivity index (χ0n) is 13.1. The molecule has 1 N–H and O–H groups in total. The molecule has 2 unspecified atom stereocenters. The fourth-order valence-electron chi connectivity index (χ4n) is 3.22.